The molecule has 3 nitrogen and oxygen atoms in total. The number of nitriles is 1. The molecule has 0 saturated heterocycles. The highest BCUT2D eigenvalue weighted by molar-refractivity contribution is 5.72. The summed E-state index contributed by atoms with van der Waals surface area (Å²) in [4.78, 5) is 12.6. The zero-order chi connectivity index (χ0) is 21.3. The molecule has 0 radical (unpaired) electrons. The summed E-state index contributed by atoms with van der Waals surface area (Å²) in [6, 6.07) is 10.4. The molecule has 30 heavy (non-hydrogen) atoms. The standard InChI is InChI=1S/C26H32FNO2/c1-2-19-6-10-21(11-7-19)22-12-14-23(15-13-22)26(29)30-25-16-8-20(9-17-25)4-3-5-24(27)18-28/h3-7,10-11,20,22-23,25H,2,8-9,12-17H2,1H3/b4-3+,24-5?/t20?,22-,23-,25?. The van der Waals surface area contributed by atoms with Gasteiger partial charge in [0.05, 0.1) is 5.92 Å². The summed E-state index contributed by atoms with van der Waals surface area (Å²) in [5.41, 5.74) is 2.77. The van der Waals surface area contributed by atoms with E-state index in [1.54, 1.807) is 6.08 Å². The monoisotopic (exact) mass is 409 g/mol. The third-order valence-electron chi connectivity index (χ3n) is 6.65. The van der Waals surface area contributed by atoms with Crippen LogP contribution in [-0.2, 0) is 16.0 Å². The first-order valence-electron chi connectivity index (χ1n) is 11.3. The van der Waals surface area contributed by atoms with Gasteiger partial charge in [0.1, 0.15) is 12.2 Å². The summed E-state index contributed by atoms with van der Waals surface area (Å²) in [6.45, 7) is 2.17. The van der Waals surface area contributed by atoms with Crippen LogP contribution in [-0.4, -0.2) is 12.1 Å². The van der Waals surface area contributed by atoms with Crippen molar-refractivity contribution in [1.29, 1.82) is 5.26 Å². The summed E-state index contributed by atoms with van der Waals surface area (Å²) in [5.74, 6) is 0.154. The molecule has 0 amide bonds. The Morgan fingerprint density at radius 1 is 1.10 bits per heavy atom. The van der Waals surface area contributed by atoms with E-state index in [9.17, 15) is 9.18 Å². The first-order chi connectivity index (χ1) is 14.6. The second kappa shape index (κ2) is 11.1. The second-order valence-corrected chi connectivity index (χ2v) is 8.63. The Hall–Kier alpha value is -2.41. The molecular weight excluding hydrogens is 377 g/mol. The van der Waals surface area contributed by atoms with Crippen LogP contribution < -0.4 is 0 Å². The van der Waals surface area contributed by atoms with E-state index in [1.807, 2.05) is 6.08 Å². The normalized spacial score (nSPS) is 27.6. The van der Waals surface area contributed by atoms with Crippen LogP contribution in [0.25, 0.3) is 0 Å². The Balaban J connectivity index is 1.39. The maximum Gasteiger partial charge on any atom is 0.309 e. The molecule has 4 heteroatoms. The number of esters is 1. The van der Waals surface area contributed by atoms with Crippen LogP contribution in [0.5, 0.6) is 0 Å². The van der Waals surface area contributed by atoms with Gasteiger partial charge in [-0.2, -0.15) is 9.65 Å². The van der Waals surface area contributed by atoms with E-state index in [4.69, 9.17) is 10.00 Å². The van der Waals surface area contributed by atoms with E-state index in [0.717, 1.165) is 57.8 Å². The van der Waals surface area contributed by atoms with Gasteiger partial charge in [-0.15, -0.1) is 0 Å². The van der Waals surface area contributed by atoms with Gasteiger partial charge in [-0.1, -0.05) is 43.3 Å². The summed E-state index contributed by atoms with van der Waals surface area (Å²) >= 11 is 0. The number of rotatable bonds is 6. The summed E-state index contributed by atoms with van der Waals surface area (Å²) in [6.07, 6.45) is 13.3. The highest BCUT2D eigenvalue weighted by Gasteiger charge is 2.30. The highest BCUT2D eigenvalue weighted by Crippen LogP contribution is 2.37. The van der Waals surface area contributed by atoms with E-state index in [1.165, 1.54) is 23.3 Å². The van der Waals surface area contributed by atoms with Crippen molar-refractivity contribution in [2.45, 2.75) is 76.7 Å². The Morgan fingerprint density at radius 3 is 2.37 bits per heavy atom. The summed E-state index contributed by atoms with van der Waals surface area (Å²) in [7, 11) is 0. The van der Waals surface area contributed by atoms with Crippen LogP contribution in [0, 0.1) is 23.2 Å². The topological polar surface area (TPSA) is 50.1 Å². The lowest BCUT2D eigenvalue weighted by Crippen LogP contribution is -2.29. The van der Waals surface area contributed by atoms with Crippen molar-refractivity contribution in [3.63, 3.8) is 0 Å². The van der Waals surface area contributed by atoms with Gasteiger partial charge in [0.15, 0.2) is 5.83 Å². The van der Waals surface area contributed by atoms with Gasteiger partial charge in [0.2, 0.25) is 0 Å². The largest absolute Gasteiger partial charge is 0.462 e. The van der Waals surface area contributed by atoms with Gasteiger partial charge in [-0.3, -0.25) is 4.79 Å². The number of benzene rings is 1. The SMILES string of the molecule is CCc1ccc([C@H]2CC[C@H](C(=O)OC3CCC(/C=C/C=C(F)C#N)CC3)CC2)cc1. The van der Waals surface area contributed by atoms with Gasteiger partial charge < -0.3 is 4.74 Å². The van der Waals surface area contributed by atoms with Crippen LogP contribution in [0.1, 0.15) is 75.3 Å². The van der Waals surface area contributed by atoms with E-state index >= 15 is 0 Å². The number of allylic oxidation sites excluding steroid dienone is 4. The Labute approximate surface area is 179 Å². The van der Waals surface area contributed by atoms with Crippen molar-refractivity contribution in [2.24, 2.45) is 11.8 Å². The molecule has 160 valence electrons. The molecule has 2 fully saturated rings. The lowest BCUT2D eigenvalue weighted by molar-refractivity contribution is -0.157. The van der Waals surface area contributed by atoms with Gasteiger partial charge in [0.25, 0.3) is 0 Å². The third-order valence-corrected chi connectivity index (χ3v) is 6.65. The molecule has 1 aromatic rings. The van der Waals surface area contributed by atoms with Crippen molar-refractivity contribution < 1.29 is 13.9 Å². The number of ether oxygens (including phenoxy) is 1. The highest BCUT2D eigenvalue weighted by atomic mass is 19.1. The minimum atomic E-state index is -0.776. The molecule has 2 aliphatic rings. The molecule has 0 aromatic heterocycles. The van der Waals surface area contributed by atoms with E-state index < -0.39 is 5.83 Å². The van der Waals surface area contributed by atoms with Gasteiger partial charge in [-0.05, 0) is 86.8 Å². The minimum Gasteiger partial charge on any atom is -0.462 e. The zero-order valence-corrected chi connectivity index (χ0v) is 17.9. The maximum atomic E-state index is 12.8. The fraction of sp³-hybridized carbons (Fsp3) is 0.538. The van der Waals surface area contributed by atoms with Crippen molar-refractivity contribution in [3.05, 3.63) is 59.4 Å². The maximum absolute atomic E-state index is 12.8. The van der Waals surface area contributed by atoms with Crippen molar-refractivity contribution in [3.8, 4) is 6.07 Å². The fourth-order valence-corrected chi connectivity index (χ4v) is 4.68. The van der Waals surface area contributed by atoms with Crippen LogP contribution in [0.15, 0.2) is 48.3 Å². The fourth-order valence-electron chi connectivity index (χ4n) is 4.68. The lowest BCUT2D eigenvalue weighted by Gasteiger charge is -2.31. The predicted molar refractivity (Wildman–Crippen MR) is 116 cm³/mol. The molecule has 0 atom stereocenters. The molecule has 0 aliphatic heterocycles. The molecule has 1 aromatic carbocycles. The predicted octanol–water partition coefficient (Wildman–Crippen LogP) is 6.56. The number of hydrogen-bond acceptors (Lipinski definition) is 3. The number of carbonyl (C=O) groups excluding carboxylic acids is 1. The molecule has 2 saturated carbocycles. The van der Waals surface area contributed by atoms with Crippen molar-refractivity contribution in [1.82, 2.24) is 0 Å². The molecule has 0 spiro atoms. The lowest BCUT2D eigenvalue weighted by atomic mass is 9.78. The summed E-state index contributed by atoms with van der Waals surface area (Å²) in [5, 5.41) is 8.41. The zero-order valence-electron chi connectivity index (χ0n) is 17.9. The number of hydrogen-bond donors (Lipinski definition) is 0. The molecule has 0 unspecified atom stereocenters. The third kappa shape index (κ3) is 6.29. The van der Waals surface area contributed by atoms with Crippen LogP contribution >= 0.6 is 0 Å². The van der Waals surface area contributed by atoms with Crippen LogP contribution in [0.3, 0.4) is 0 Å². The molecular formula is C26H32FNO2. The Bertz CT molecular complexity index is 789. The summed E-state index contributed by atoms with van der Waals surface area (Å²) < 4.78 is 18.6. The molecule has 3 rings (SSSR count). The van der Waals surface area contributed by atoms with E-state index in [0.29, 0.717) is 11.8 Å². The van der Waals surface area contributed by atoms with Crippen molar-refractivity contribution >= 4 is 5.97 Å². The smallest absolute Gasteiger partial charge is 0.309 e. The molecule has 0 heterocycles. The van der Waals surface area contributed by atoms with Crippen LogP contribution in [0.4, 0.5) is 4.39 Å². The quantitative estimate of drug-likeness (QED) is 0.304. The first kappa shape index (κ1) is 22.3. The minimum absolute atomic E-state index is 0.00727. The van der Waals surface area contributed by atoms with Gasteiger partial charge in [-0.25, -0.2) is 0 Å². The van der Waals surface area contributed by atoms with Crippen molar-refractivity contribution in [2.75, 3.05) is 0 Å². The Kier molecular flexibility index (Phi) is 8.25. The molecule has 0 bridgehead atoms. The second-order valence-electron chi connectivity index (χ2n) is 8.63. The number of carbonyl (C=O) groups is 1. The molecule has 2 aliphatic carbocycles. The Morgan fingerprint density at radius 2 is 1.77 bits per heavy atom. The number of nitrogens with zero attached hydrogens (tertiary/aromatic N) is 1. The van der Waals surface area contributed by atoms with E-state index in [-0.39, 0.29) is 18.0 Å². The van der Waals surface area contributed by atoms with Crippen LogP contribution in [0.2, 0.25) is 0 Å². The van der Waals surface area contributed by atoms with Gasteiger partial charge >= 0.3 is 5.97 Å². The average molecular weight is 410 g/mol. The number of halogens is 1. The average Bonchev–Trinajstić information content (AvgIpc) is 2.80. The van der Waals surface area contributed by atoms with Gasteiger partial charge in [0, 0.05) is 0 Å². The first-order valence-corrected chi connectivity index (χ1v) is 11.3. The number of aryl methyl sites for hydroxylation is 1. The molecule has 0 N–H and O–H groups in total. The van der Waals surface area contributed by atoms with E-state index in [2.05, 4.69) is 31.2 Å².